The summed E-state index contributed by atoms with van der Waals surface area (Å²) < 4.78 is 5.99. The van der Waals surface area contributed by atoms with Gasteiger partial charge in [-0.2, -0.15) is 0 Å². The Morgan fingerprint density at radius 2 is 1.90 bits per heavy atom. The van der Waals surface area contributed by atoms with Crippen molar-refractivity contribution in [1.82, 2.24) is 9.80 Å². The van der Waals surface area contributed by atoms with Crippen molar-refractivity contribution >= 4 is 45.7 Å². The predicted octanol–water partition coefficient (Wildman–Crippen LogP) is 4.68. The number of thioether (sulfide) groups is 1. The molecule has 2 aliphatic rings. The van der Waals surface area contributed by atoms with Gasteiger partial charge >= 0.3 is 0 Å². The van der Waals surface area contributed by atoms with Crippen LogP contribution in [0.15, 0.2) is 41.3 Å². The van der Waals surface area contributed by atoms with Crippen molar-refractivity contribution in [1.29, 1.82) is 0 Å². The molecule has 0 aliphatic carbocycles. The molecule has 4 rings (SSSR count). The smallest absolute Gasteiger partial charge is 0.294 e. The Hall–Kier alpha value is -2.80. The molecule has 0 N–H and O–H groups in total. The van der Waals surface area contributed by atoms with Crippen LogP contribution in [0.3, 0.4) is 0 Å². The van der Waals surface area contributed by atoms with Crippen LogP contribution < -0.4 is 4.74 Å². The zero-order valence-corrected chi connectivity index (χ0v) is 18.5. The number of likely N-dealkylation sites (tertiary alicyclic amines) is 1. The van der Waals surface area contributed by atoms with Crippen molar-refractivity contribution in [3.05, 3.63) is 46.9 Å². The lowest BCUT2D eigenvalue weighted by Gasteiger charge is -2.18. The number of benzene rings is 2. The van der Waals surface area contributed by atoms with Crippen LogP contribution in [0.25, 0.3) is 16.8 Å². The number of carbonyl (C=O) groups excluding carboxylic acids is 3. The second-order valence-electron chi connectivity index (χ2n) is 7.76. The summed E-state index contributed by atoms with van der Waals surface area (Å²) in [6, 6.07) is 11.8. The van der Waals surface area contributed by atoms with Gasteiger partial charge in [-0.05, 0) is 53.9 Å². The van der Waals surface area contributed by atoms with Crippen LogP contribution in [0.4, 0.5) is 4.79 Å². The van der Waals surface area contributed by atoms with Gasteiger partial charge in [-0.3, -0.25) is 19.3 Å². The van der Waals surface area contributed by atoms with Crippen LogP contribution in [0, 0.1) is 0 Å². The topological polar surface area (TPSA) is 66.9 Å². The lowest BCUT2D eigenvalue weighted by molar-refractivity contribution is -0.135. The zero-order chi connectivity index (χ0) is 21.8. The number of carbonyl (C=O) groups is 3. The zero-order valence-electron chi connectivity index (χ0n) is 17.6. The number of hydrogen-bond acceptors (Lipinski definition) is 5. The molecule has 0 radical (unpaired) electrons. The van der Waals surface area contributed by atoms with E-state index in [2.05, 4.69) is 6.92 Å². The van der Waals surface area contributed by atoms with E-state index >= 15 is 0 Å². The Morgan fingerprint density at radius 3 is 2.68 bits per heavy atom. The number of rotatable bonds is 7. The van der Waals surface area contributed by atoms with Crippen molar-refractivity contribution < 1.29 is 19.1 Å². The van der Waals surface area contributed by atoms with Crippen molar-refractivity contribution in [2.45, 2.75) is 32.6 Å². The molecule has 0 saturated carbocycles. The van der Waals surface area contributed by atoms with Crippen LogP contribution in [0.5, 0.6) is 5.75 Å². The van der Waals surface area contributed by atoms with Crippen molar-refractivity contribution in [2.75, 3.05) is 26.2 Å². The number of ether oxygens (including phenoxy) is 1. The summed E-state index contributed by atoms with van der Waals surface area (Å²) in [4.78, 5) is 41.1. The molecule has 0 aromatic heterocycles. The van der Waals surface area contributed by atoms with E-state index in [-0.39, 0.29) is 12.5 Å². The molecule has 2 aliphatic heterocycles. The molecule has 0 bridgehead atoms. The summed E-state index contributed by atoms with van der Waals surface area (Å²) in [6.07, 6.45) is 5.62. The van der Waals surface area contributed by atoms with E-state index in [9.17, 15) is 14.4 Å². The molecule has 6 nitrogen and oxygen atoms in total. The van der Waals surface area contributed by atoms with Crippen LogP contribution in [-0.2, 0) is 9.59 Å². The highest BCUT2D eigenvalue weighted by molar-refractivity contribution is 8.18. The molecular weight excluding hydrogens is 412 g/mol. The normalized spacial score (nSPS) is 17.9. The van der Waals surface area contributed by atoms with Gasteiger partial charge in [0, 0.05) is 18.7 Å². The van der Waals surface area contributed by atoms with E-state index < -0.39 is 11.1 Å². The third-order valence-corrected chi connectivity index (χ3v) is 6.49. The highest BCUT2D eigenvalue weighted by atomic mass is 32.2. The number of imide groups is 1. The SMILES string of the molecule is CCCCOc1ccc2ccccc2c1/C=C1\SC(=O)N(CC(=O)N2CCCC2)C1=O. The minimum atomic E-state index is -0.421. The second kappa shape index (κ2) is 9.56. The summed E-state index contributed by atoms with van der Waals surface area (Å²) in [6.45, 7) is 3.88. The molecule has 2 saturated heterocycles. The Labute approximate surface area is 186 Å². The Bertz CT molecular complexity index is 1040. The van der Waals surface area contributed by atoms with Gasteiger partial charge in [0.2, 0.25) is 5.91 Å². The van der Waals surface area contributed by atoms with Crippen molar-refractivity contribution in [3.63, 3.8) is 0 Å². The van der Waals surface area contributed by atoms with Gasteiger partial charge in [-0.25, -0.2) is 0 Å². The average molecular weight is 439 g/mol. The molecule has 31 heavy (non-hydrogen) atoms. The van der Waals surface area contributed by atoms with E-state index in [1.54, 1.807) is 11.0 Å². The lowest BCUT2D eigenvalue weighted by atomic mass is 10.0. The van der Waals surface area contributed by atoms with Gasteiger partial charge in [0.05, 0.1) is 11.5 Å². The van der Waals surface area contributed by atoms with E-state index in [1.807, 2.05) is 36.4 Å². The standard InChI is InChI=1S/C24H26N2O4S/c1-2-3-14-30-20-11-10-17-8-4-5-9-18(17)19(20)15-21-23(28)26(24(29)31-21)16-22(27)25-12-6-7-13-25/h4-5,8-11,15H,2-3,6-7,12-14,16H2,1H3/b21-15-. The number of hydrogen-bond donors (Lipinski definition) is 0. The van der Waals surface area contributed by atoms with Crippen molar-refractivity contribution in [3.8, 4) is 5.75 Å². The van der Waals surface area contributed by atoms with Gasteiger partial charge in [-0.15, -0.1) is 0 Å². The lowest BCUT2D eigenvalue weighted by Crippen LogP contribution is -2.40. The highest BCUT2D eigenvalue weighted by Gasteiger charge is 2.37. The number of amides is 3. The molecule has 7 heteroatoms. The first kappa shape index (κ1) is 21.4. The monoisotopic (exact) mass is 438 g/mol. The largest absolute Gasteiger partial charge is 0.493 e. The highest BCUT2D eigenvalue weighted by Crippen LogP contribution is 2.37. The van der Waals surface area contributed by atoms with Gasteiger partial charge in [-0.1, -0.05) is 43.7 Å². The third-order valence-electron chi connectivity index (χ3n) is 5.59. The summed E-state index contributed by atoms with van der Waals surface area (Å²) in [5, 5.41) is 1.58. The van der Waals surface area contributed by atoms with Gasteiger partial charge < -0.3 is 9.64 Å². The maximum atomic E-state index is 13.0. The number of nitrogens with zero attached hydrogens (tertiary/aromatic N) is 2. The van der Waals surface area contributed by atoms with Crippen molar-refractivity contribution in [2.24, 2.45) is 0 Å². The molecule has 162 valence electrons. The van der Waals surface area contributed by atoms with Crippen LogP contribution in [0.2, 0.25) is 0 Å². The summed E-state index contributed by atoms with van der Waals surface area (Å²) >= 11 is 0.879. The van der Waals surface area contributed by atoms with Crippen LogP contribution in [0.1, 0.15) is 38.2 Å². The number of fused-ring (bicyclic) bond motifs is 1. The predicted molar refractivity (Wildman–Crippen MR) is 123 cm³/mol. The second-order valence-corrected chi connectivity index (χ2v) is 8.75. The molecule has 3 amide bonds. The number of unbranched alkanes of at least 4 members (excludes halogenated alkanes) is 1. The maximum Gasteiger partial charge on any atom is 0.294 e. The Kier molecular flexibility index (Phi) is 6.61. The van der Waals surface area contributed by atoms with Crippen LogP contribution in [-0.4, -0.2) is 53.1 Å². The van der Waals surface area contributed by atoms with Gasteiger partial charge in [0.1, 0.15) is 12.3 Å². The van der Waals surface area contributed by atoms with E-state index in [1.165, 1.54) is 0 Å². The summed E-state index contributed by atoms with van der Waals surface area (Å²) in [7, 11) is 0. The maximum absolute atomic E-state index is 13.0. The van der Waals surface area contributed by atoms with Gasteiger partial charge in [0.15, 0.2) is 0 Å². The molecule has 2 aromatic rings. The molecular formula is C24H26N2O4S. The van der Waals surface area contributed by atoms with E-state index in [0.717, 1.165) is 58.7 Å². The Balaban J connectivity index is 1.62. The van der Waals surface area contributed by atoms with Gasteiger partial charge in [0.25, 0.3) is 11.1 Å². The molecule has 2 heterocycles. The molecule has 2 aromatic carbocycles. The third kappa shape index (κ3) is 4.61. The minimum absolute atomic E-state index is 0.171. The summed E-state index contributed by atoms with van der Waals surface area (Å²) in [5.41, 5.74) is 0.783. The fraction of sp³-hybridized carbons (Fsp3) is 0.375. The van der Waals surface area contributed by atoms with E-state index in [4.69, 9.17) is 4.74 Å². The molecule has 2 fully saturated rings. The van der Waals surface area contributed by atoms with E-state index in [0.29, 0.717) is 30.4 Å². The molecule has 0 atom stereocenters. The average Bonchev–Trinajstić information content (AvgIpc) is 3.40. The summed E-state index contributed by atoms with van der Waals surface area (Å²) in [5.74, 6) is 0.0943. The fourth-order valence-corrected chi connectivity index (χ4v) is 4.67. The first-order valence-electron chi connectivity index (χ1n) is 10.8. The minimum Gasteiger partial charge on any atom is -0.493 e. The first-order chi connectivity index (χ1) is 15.1. The first-order valence-corrected chi connectivity index (χ1v) is 11.6. The Morgan fingerprint density at radius 1 is 1.13 bits per heavy atom. The van der Waals surface area contributed by atoms with Crippen LogP contribution >= 0.6 is 11.8 Å². The molecule has 0 unspecified atom stereocenters. The fourth-order valence-electron chi connectivity index (χ4n) is 3.85. The quantitative estimate of drug-likeness (QED) is 0.464. The molecule has 0 spiro atoms.